The Morgan fingerprint density at radius 3 is 2.47 bits per heavy atom. The first kappa shape index (κ1) is 11.8. The zero-order valence-corrected chi connectivity index (χ0v) is 9.17. The molecule has 0 radical (unpaired) electrons. The van der Waals surface area contributed by atoms with Crippen molar-refractivity contribution in [2.24, 2.45) is 0 Å². The third-order valence-corrected chi connectivity index (χ3v) is 2.33. The SMILES string of the molecule is CC(C)(CCC(=O)O)NC(=O)NC1CC1. The minimum Gasteiger partial charge on any atom is -0.481 e. The van der Waals surface area contributed by atoms with Crippen LogP contribution in [0.5, 0.6) is 0 Å². The first-order valence-corrected chi connectivity index (χ1v) is 5.19. The van der Waals surface area contributed by atoms with Crippen LogP contribution in [0.3, 0.4) is 0 Å². The van der Waals surface area contributed by atoms with E-state index in [4.69, 9.17) is 5.11 Å². The van der Waals surface area contributed by atoms with Crippen molar-refractivity contribution in [1.29, 1.82) is 0 Å². The molecule has 15 heavy (non-hydrogen) atoms. The van der Waals surface area contributed by atoms with Gasteiger partial charge in [-0.05, 0) is 33.1 Å². The minimum absolute atomic E-state index is 0.0662. The fourth-order valence-corrected chi connectivity index (χ4v) is 1.24. The molecule has 0 aromatic heterocycles. The van der Waals surface area contributed by atoms with Gasteiger partial charge in [0.15, 0.2) is 0 Å². The first-order valence-electron chi connectivity index (χ1n) is 5.19. The van der Waals surface area contributed by atoms with E-state index in [0.29, 0.717) is 12.5 Å². The smallest absolute Gasteiger partial charge is 0.315 e. The van der Waals surface area contributed by atoms with E-state index in [0.717, 1.165) is 12.8 Å². The number of rotatable bonds is 5. The maximum atomic E-state index is 11.4. The lowest BCUT2D eigenvalue weighted by atomic mass is 9.99. The molecule has 0 spiro atoms. The lowest BCUT2D eigenvalue weighted by Gasteiger charge is -2.25. The summed E-state index contributed by atoms with van der Waals surface area (Å²) in [5.74, 6) is -0.840. The summed E-state index contributed by atoms with van der Waals surface area (Å²) in [6.45, 7) is 3.64. The second kappa shape index (κ2) is 4.51. The van der Waals surface area contributed by atoms with E-state index in [1.807, 2.05) is 13.8 Å². The normalized spacial score (nSPS) is 15.9. The highest BCUT2D eigenvalue weighted by molar-refractivity contribution is 5.75. The third-order valence-electron chi connectivity index (χ3n) is 2.33. The molecule has 0 heterocycles. The Hall–Kier alpha value is -1.26. The Kier molecular flexibility index (Phi) is 3.55. The largest absolute Gasteiger partial charge is 0.481 e. The molecule has 1 aliphatic rings. The summed E-state index contributed by atoms with van der Waals surface area (Å²) < 4.78 is 0. The fourth-order valence-electron chi connectivity index (χ4n) is 1.24. The predicted molar refractivity (Wildman–Crippen MR) is 55.6 cm³/mol. The highest BCUT2D eigenvalue weighted by atomic mass is 16.4. The standard InChI is InChI=1S/C10H18N2O3/c1-10(2,6-5-8(13)14)12-9(15)11-7-3-4-7/h7H,3-6H2,1-2H3,(H,13,14)(H2,11,12,15). The van der Waals surface area contributed by atoms with Crippen molar-refractivity contribution < 1.29 is 14.7 Å². The maximum absolute atomic E-state index is 11.4. The van der Waals surface area contributed by atoms with Crippen LogP contribution >= 0.6 is 0 Å². The highest BCUT2D eigenvalue weighted by Crippen LogP contribution is 2.19. The molecule has 1 aliphatic carbocycles. The molecule has 0 aromatic carbocycles. The van der Waals surface area contributed by atoms with E-state index in [-0.39, 0.29) is 12.5 Å². The molecule has 86 valence electrons. The molecule has 5 heteroatoms. The van der Waals surface area contributed by atoms with Crippen LogP contribution in [0.2, 0.25) is 0 Å². The van der Waals surface area contributed by atoms with Crippen LogP contribution in [0.15, 0.2) is 0 Å². The van der Waals surface area contributed by atoms with Gasteiger partial charge in [-0.25, -0.2) is 4.79 Å². The Bertz CT molecular complexity index is 259. The van der Waals surface area contributed by atoms with Crippen LogP contribution < -0.4 is 10.6 Å². The molecule has 1 fully saturated rings. The molecule has 0 aromatic rings. The number of carbonyl (C=O) groups excluding carboxylic acids is 1. The van der Waals surface area contributed by atoms with Gasteiger partial charge in [-0.3, -0.25) is 4.79 Å². The molecular formula is C10H18N2O3. The van der Waals surface area contributed by atoms with Crippen LogP contribution in [0.1, 0.15) is 39.5 Å². The van der Waals surface area contributed by atoms with Gasteiger partial charge in [-0.15, -0.1) is 0 Å². The number of urea groups is 1. The number of carbonyl (C=O) groups is 2. The van der Waals surface area contributed by atoms with Crippen LogP contribution in [0.25, 0.3) is 0 Å². The number of nitrogens with one attached hydrogen (secondary N) is 2. The van der Waals surface area contributed by atoms with Gasteiger partial charge in [0, 0.05) is 18.0 Å². The third kappa shape index (κ3) is 5.24. The van der Waals surface area contributed by atoms with Gasteiger partial charge in [0.05, 0.1) is 0 Å². The quantitative estimate of drug-likeness (QED) is 0.641. The lowest BCUT2D eigenvalue weighted by molar-refractivity contribution is -0.137. The van der Waals surface area contributed by atoms with Crippen molar-refractivity contribution in [2.75, 3.05) is 0 Å². The Morgan fingerprint density at radius 2 is 2.00 bits per heavy atom. The van der Waals surface area contributed by atoms with E-state index in [1.165, 1.54) is 0 Å². The van der Waals surface area contributed by atoms with Gasteiger partial charge in [-0.1, -0.05) is 0 Å². The number of carboxylic acids is 1. The molecule has 0 saturated heterocycles. The number of amides is 2. The summed E-state index contributed by atoms with van der Waals surface area (Å²) >= 11 is 0. The van der Waals surface area contributed by atoms with Crippen molar-refractivity contribution in [2.45, 2.75) is 51.1 Å². The molecular weight excluding hydrogens is 196 g/mol. The molecule has 2 amide bonds. The molecule has 0 atom stereocenters. The summed E-state index contributed by atoms with van der Waals surface area (Å²) in [6.07, 6.45) is 2.59. The summed E-state index contributed by atoms with van der Waals surface area (Å²) in [5, 5.41) is 14.1. The number of hydrogen-bond acceptors (Lipinski definition) is 2. The summed E-state index contributed by atoms with van der Waals surface area (Å²) in [4.78, 5) is 21.8. The Balaban J connectivity index is 2.26. The van der Waals surface area contributed by atoms with Gasteiger partial charge < -0.3 is 15.7 Å². The Labute approximate surface area is 89.2 Å². The predicted octanol–water partition coefficient (Wildman–Crippen LogP) is 1.09. The van der Waals surface area contributed by atoms with Crippen LogP contribution in [-0.4, -0.2) is 28.7 Å². The molecule has 0 aliphatic heterocycles. The van der Waals surface area contributed by atoms with E-state index in [1.54, 1.807) is 0 Å². The van der Waals surface area contributed by atoms with Crippen molar-refractivity contribution in [3.8, 4) is 0 Å². The van der Waals surface area contributed by atoms with Crippen molar-refractivity contribution >= 4 is 12.0 Å². The van der Waals surface area contributed by atoms with E-state index in [2.05, 4.69) is 10.6 Å². The monoisotopic (exact) mass is 214 g/mol. The number of aliphatic carboxylic acids is 1. The average Bonchev–Trinajstić information content (AvgIpc) is 2.83. The van der Waals surface area contributed by atoms with Crippen molar-refractivity contribution in [3.05, 3.63) is 0 Å². The number of hydrogen-bond donors (Lipinski definition) is 3. The molecule has 1 saturated carbocycles. The summed E-state index contributed by atoms with van der Waals surface area (Å²) in [5.41, 5.74) is -0.475. The summed E-state index contributed by atoms with van der Waals surface area (Å²) in [6, 6.07) is 0.119. The van der Waals surface area contributed by atoms with Crippen molar-refractivity contribution in [1.82, 2.24) is 10.6 Å². The second-order valence-electron chi connectivity index (χ2n) is 4.65. The fraction of sp³-hybridized carbons (Fsp3) is 0.800. The van der Waals surface area contributed by atoms with Gasteiger partial charge in [-0.2, -0.15) is 0 Å². The topological polar surface area (TPSA) is 78.4 Å². The zero-order valence-electron chi connectivity index (χ0n) is 9.17. The minimum atomic E-state index is -0.840. The van der Waals surface area contributed by atoms with E-state index < -0.39 is 11.5 Å². The van der Waals surface area contributed by atoms with Gasteiger partial charge >= 0.3 is 12.0 Å². The average molecular weight is 214 g/mol. The number of carboxylic acid groups (broad SMARTS) is 1. The van der Waals surface area contributed by atoms with E-state index in [9.17, 15) is 9.59 Å². The molecule has 0 bridgehead atoms. The lowest BCUT2D eigenvalue weighted by Crippen LogP contribution is -2.49. The van der Waals surface area contributed by atoms with Gasteiger partial charge in [0.25, 0.3) is 0 Å². The van der Waals surface area contributed by atoms with Gasteiger partial charge in [0.2, 0.25) is 0 Å². The second-order valence-corrected chi connectivity index (χ2v) is 4.65. The summed E-state index contributed by atoms with van der Waals surface area (Å²) in [7, 11) is 0. The molecule has 1 rings (SSSR count). The Morgan fingerprint density at radius 1 is 1.40 bits per heavy atom. The van der Waals surface area contributed by atoms with Crippen LogP contribution in [-0.2, 0) is 4.79 Å². The van der Waals surface area contributed by atoms with E-state index >= 15 is 0 Å². The van der Waals surface area contributed by atoms with Gasteiger partial charge in [0.1, 0.15) is 0 Å². The zero-order chi connectivity index (χ0) is 11.5. The first-order chi connectivity index (χ1) is 6.89. The highest BCUT2D eigenvalue weighted by Gasteiger charge is 2.26. The van der Waals surface area contributed by atoms with Crippen LogP contribution in [0, 0.1) is 0 Å². The molecule has 5 nitrogen and oxygen atoms in total. The molecule has 3 N–H and O–H groups in total. The van der Waals surface area contributed by atoms with Crippen LogP contribution in [0.4, 0.5) is 4.79 Å². The molecule has 0 unspecified atom stereocenters. The maximum Gasteiger partial charge on any atom is 0.315 e. The van der Waals surface area contributed by atoms with Crippen molar-refractivity contribution in [3.63, 3.8) is 0 Å².